The van der Waals surface area contributed by atoms with Crippen LogP contribution in [0.25, 0.3) is 0 Å². The van der Waals surface area contributed by atoms with Crippen LogP contribution < -0.4 is 10.2 Å². The predicted molar refractivity (Wildman–Crippen MR) is 89.6 cm³/mol. The van der Waals surface area contributed by atoms with E-state index < -0.39 is 0 Å². The zero-order chi connectivity index (χ0) is 16.2. The topological polar surface area (TPSA) is 77.2 Å². The first-order valence-electron chi connectivity index (χ1n) is 7.81. The van der Waals surface area contributed by atoms with Gasteiger partial charge in [0.05, 0.1) is 6.54 Å². The summed E-state index contributed by atoms with van der Waals surface area (Å²) in [5.41, 5.74) is 3.13. The first-order chi connectivity index (χ1) is 11.1. The van der Waals surface area contributed by atoms with E-state index in [0.29, 0.717) is 6.54 Å². The van der Waals surface area contributed by atoms with E-state index in [1.165, 1.54) is 6.33 Å². The Kier molecular flexibility index (Phi) is 4.57. The summed E-state index contributed by atoms with van der Waals surface area (Å²) < 4.78 is 0. The van der Waals surface area contributed by atoms with Gasteiger partial charge in [-0.1, -0.05) is 12.1 Å². The van der Waals surface area contributed by atoms with Crippen molar-refractivity contribution in [2.24, 2.45) is 0 Å². The number of anilines is 2. The van der Waals surface area contributed by atoms with Gasteiger partial charge in [0.2, 0.25) is 11.9 Å². The number of amides is 1. The Morgan fingerprint density at radius 1 is 1.26 bits per heavy atom. The van der Waals surface area contributed by atoms with Crippen molar-refractivity contribution in [3.05, 3.63) is 35.7 Å². The smallest absolute Gasteiger partial charge is 0.238 e. The van der Waals surface area contributed by atoms with Crippen molar-refractivity contribution in [1.82, 2.24) is 20.1 Å². The lowest BCUT2D eigenvalue weighted by Gasteiger charge is -2.33. The minimum absolute atomic E-state index is 0.0341. The van der Waals surface area contributed by atoms with Crippen molar-refractivity contribution >= 4 is 17.5 Å². The normalized spacial score (nSPS) is 15.7. The van der Waals surface area contributed by atoms with E-state index in [1.54, 1.807) is 0 Å². The van der Waals surface area contributed by atoms with Gasteiger partial charge in [0, 0.05) is 31.9 Å². The number of hydrogen-bond donors (Lipinski definition) is 2. The molecule has 1 saturated heterocycles. The fourth-order valence-electron chi connectivity index (χ4n) is 2.73. The number of benzene rings is 1. The van der Waals surface area contributed by atoms with Crippen molar-refractivity contribution in [3.8, 4) is 0 Å². The SMILES string of the molecule is Cc1ccc(C)c(NC(=O)CN2CCN(c3ncn[nH]3)CC2)c1. The second-order valence-electron chi connectivity index (χ2n) is 5.94. The lowest BCUT2D eigenvalue weighted by atomic mass is 10.1. The van der Waals surface area contributed by atoms with Gasteiger partial charge in [0.15, 0.2) is 0 Å². The Labute approximate surface area is 135 Å². The maximum Gasteiger partial charge on any atom is 0.238 e. The largest absolute Gasteiger partial charge is 0.339 e. The highest BCUT2D eigenvalue weighted by molar-refractivity contribution is 5.93. The number of H-pyrrole nitrogens is 1. The number of carbonyl (C=O) groups is 1. The fraction of sp³-hybridized carbons (Fsp3) is 0.438. The summed E-state index contributed by atoms with van der Waals surface area (Å²) in [7, 11) is 0. The van der Waals surface area contributed by atoms with Crippen molar-refractivity contribution in [2.75, 3.05) is 42.9 Å². The number of rotatable bonds is 4. The quantitative estimate of drug-likeness (QED) is 0.886. The number of hydrogen-bond acceptors (Lipinski definition) is 5. The molecule has 1 aromatic carbocycles. The van der Waals surface area contributed by atoms with Crippen molar-refractivity contribution in [3.63, 3.8) is 0 Å². The maximum atomic E-state index is 12.3. The van der Waals surface area contributed by atoms with Crippen LogP contribution in [-0.2, 0) is 4.79 Å². The third-order valence-corrected chi connectivity index (χ3v) is 4.11. The van der Waals surface area contributed by atoms with E-state index in [9.17, 15) is 4.79 Å². The Hall–Kier alpha value is -2.41. The molecule has 0 spiro atoms. The summed E-state index contributed by atoms with van der Waals surface area (Å²) in [4.78, 5) is 20.7. The zero-order valence-electron chi connectivity index (χ0n) is 13.5. The lowest BCUT2D eigenvalue weighted by molar-refractivity contribution is -0.117. The summed E-state index contributed by atoms with van der Waals surface area (Å²) in [6.07, 6.45) is 1.51. The van der Waals surface area contributed by atoms with Crippen molar-refractivity contribution < 1.29 is 4.79 Å². The van der Waals surface area contributed by atoms with Crippen LogP contribution in [0.1, 0.15) is 11.1 Å². The molecule has 2 heterocycles. The Morgan fingerprint density at radius 3 is 2.74 bits per heavy atom. The van der Waals surface area contributed by atoms with Crippen LogP contribution >= 0.6 is 0 Å². The van der Waals surface area contributed by atoms with Crippen LogP contribution in [0.2, 0.25) is 0 Å². The number of nitrogens with zero attached hydrogens (tertiary/aromatic N) is 4. The first kappa shape index (κ1) is 15.5. The van der Waals surface area contributed by atoms with Gasteiger partial charge in [-0.3, -0.25) is 9.69 Å². The Morgan fingerprint density at radius 2 is 2.04 bits per heavy atom. The molecule has 2 N–H and O–H groups in total. The van der Waals surface area contributed by atoms with Gasteiger partial charge in [-0.15, -0.1) is 0 Å². The third kappa shape index (κ3) is 3.87. The molecule has 0 unspecified atom stereocenters. The average molecular weight is 314 g/mol. The molecule has 7 heteroatoms. The number of aromatic nitrogens is 3. The van der Waals surface area contributed by atoms with Gasteiger partial charge >= 0.3 is 0 Å². The minimum Gasteiger partial charge on any atom is -0.339 e. The Balaban J connectivity index is 1.50. The average Bonchev–Trinajstić information content (AvgIpc) is 3.06. The first-order valence-corrected chi connectivity index (χ1v) is 7.81. The molecule has 1 aromatic heterocycles. The summed E-state index contributed by atoms with van der Waals surface area (Å²) in [5.74, 6) is 0.830. The van der Waals surface area contributed by atoms with Crippen LogP contribution in [0, 0.1) is 13.8 Å². The van der Waals surface area contributed by atoms with Gasteiger partial charge in [-0.2, -0.15) is 10.1 Å². The van der Waals surface area contributed by atoms with Gasteiger partial charge in [-0.25, -0.2) is 5.10 Å². The van der Waals surface area contributed by atoms with Crippen molar-refractivity contribution in [1.29, 1.82) is 0 Å². The second kappa shape index (κ2) is 6.78. The van der Waals surface area contributed by atoms with Crippen LogP contribution in [0.15, 0.2) is 24.5 Å². The summed E-state index contributed by atoms with van der Waals surface area (Å²) in [6, 6.07) is 6.09. The zero-order valence-corrected chi connectivity index (χ0v) is 13.5. The Bertz CT molecular complexity index is 661. The minimum atomic E-state index is 0.0341. The highest BCUT2D eigenvalue weighted by Crippen LogP contribution is 2.16. The number of nitrogens with one attached hydrogen (secondary N) is 2. The van der Waals surface area contributed by atoms with E-state index in [-0.39, 0.29) is 5.91 Å². The molecule has 3 rings (SSSR count). The van der Waals surface area contributed by atoms with Crippen LogP contribution in [0.5, 0.6) is 0 Å². The van der Waals surface area contributed by atoms with E-state index in [4.69, 9.17) is 0 Å². The molecule has 7 nitrogen and oxygen atoms in total. The molecular weight excluding hydrogens is 292 g/mol. The predicted octanol–water partition coefficient (Wildman–Crippen LogP) is 1.18. The van der Waals surface area contributed by atoms with E-state index in [1.807, 2.05) is 32.0 Å². The van der Waals surface area contributed by atoms with Gasteiger partial charge in [0.1, 0.15) is 6.33 Å². The van der Waals surface area contributed by atoms with E-state index in [0.717, 1.165) is 48.9 Å². The van der Waals surface area contributed by atoms with E-state index >= 15 is 0 Å². The molecule has 1 aliphatic heterocycles. The number of piperazine rings is 1. The maximum absolute atomic E-state index is 12.3. The van der Waals surface area contributed by atoms with Crippen molar-refractivity contribution in [2.45, 2.75) is 13.8 Å². The molecule has 2 aromatic rings. The molecular formula is C16H22N6O. The molecule has 1 fully saturated rings. The van der Waals surface area contributed by atoms with Crippen LogP contribution in [0.4, 0.5) is 11.6 Å². The molecule has 0 aliphatic carbocycles. The second-order valence-corrected chi connectivity index (χ2v) is 5.94. The van der Waals surface area contributed by atoms with Gasteiger partial charge in [-0.05, 0) is 31.0 Å². The monoisotopic (exact) mass is 314 g/mol. The number of aromatic amines is 1. The van der Waals surface area contributed by atoms with E-state index in [2.05, 4.69) is 30.3 Å². The highest BCUT2D eigenvalue weighted by Gasteiger charge is 2.20. The highest BCUT2D eigenvalue weighted by atomic mass is 16.2. The molecule has 1 aliphatic rings. The van der Waals surface area contributed by atoms with Crippen LogP contribution in [0.3, 0.4) is 0 Å². The lowest BCUT2D eigenvalue weighted by Crippen LogP contribution is -2.49. The molecule has 1 amide bonds. The van der Waals surface area contributed by atoms with Crippen LogP contribution in [-0.4, -0.2) is 58.7 Å². The summed E-state index contributed by atoms with van der Waals surface area (Å²) in [6.45, 7) is 7.79. The van der Waals surface area contributed by atoms with Gasteiger partial charge in [0.25, 0.3) is 0 Å². The molecule has 23 heavy (non-hydrogen) atoms. The standard InChI is InChI=1S/C16H22N6O/c1-12-3-4-13(2)14(9-12)19-15(23)10-21-5-7-22(8-6-21)16-17-11-18-20-16/h3-4,9,11H,5-8,10H2,1-2H3,(H,19,23)(H,17,18,20). The fourth-order valence-corrected chi connectivity index (χ4v) is 2.73. The third-order valence-electron chi connectivity index (χ3n) is 4.11. The molecule has 122 valence electrons. The molecule has 0 bridgehead atoms. The molecule has 0 radical (unpaired) electrons. The summed E-state index contributed by atoms with van der Waals surface area (Å²) in [5, 5.41) is 9.76. The summed E-state index contributed by atoms with van der Waals surface area (Å²) >= 11 is 0. The van der Waals surface area contributed by atoms with Gasteiger partial charge < -0.3 is 10.2 Å². The number of carbonyl (C=O) groups excluding carboxylic acids is 1. The number of aryl methyl sites for hydroxylation is 2. The molecule has 0 saturated carbocycles. The molecule has 0 atom stereocenters.